The number of para-hydroxylation sites is 1. The summed E-state index contributed by atoms with van der Waals surface area (Å²) in [5.74, 6) is 0.102. The van der Waals surface area contributed by atoms with Crippen LogP contribution in [0.2, 0.25) is 0 Å². The van der Waals surface area contributed by atoms with E-state index in [2.05, 4.69) is 12.3 Å². The quantitative estimate of drug-likeness (QED) is 0.657. The van der Waals surface area contributed by atoms with Gasteiger partial charge in [0.15, 0.2) is 0 Å². The SMILES string of the molecule is CCCCCCCCCC(=O)Nn1ccc2ccccc21. The standard InChI is InChI=1S/C18H26N2O/c1-2-3-4-5-6-7-8-13-18(21)19-20-15-14-16-11-9-10-12-17(16)20/h9-12,14-15H,2-8,13H2,1H3,(H,19,21). The largest absolute Gasteiger partial charge is 0.273 e. The number of hydrogen-bond acceptors (Lipinski definition) is 1. The topological polar surface area (TPSA) is 34.0 Å². The molecule has 3 nitrogen and oxygen atoms in total. The Morgan fingerprint density at radius 3 is 2.52 bits per heavy atom. The highest BCUT2D eigenvalue weighted by Gasteiger charge is 2.04. The zero-order valence-electron chi connectivity index (χ0n) is 13.0. The third kappa shape index (κ3) is 4.92. The number of nitrogens with zero attached hydrogens (tertiary/aromatic N) is 1. The van der Waals surface area contributed by atoms with Crippen molar-refractivity contribution in [3.05, 3.63) is 36.5 Å². The van der Waals surface area contributed by atoms with E-state index in [0.717, 1.165) is 23.7 Å². The van der Waals surface area contributed by atoms with Crippen LogP contribution in [-0.4, -0.2) is 10.6 Å². The molecule has 0 spiro atoms. The maximum Gasteiger partial charge on any atom is 0.238 e. The van der Waals surface area contributed by atoms with Gasteiger partial charge in [-0.1, -0.05) is 63.6 Å². The molecule has 1 heterocycles. The van der Waals surface area contributed by atoms with Crippen LogP contribution in [0.25, 0.3) is 10.9 Å². The van der Waals surface area contributed by atoms with E-state index in [-0.39, 0.29) is 5.91 Å². The molecule has 0 saturated carbocycles. The molecule has 0 atom stereocenters. The van der Waals surface area contributed by atoms with Crippen molar-refractivity contribution >= 4 is 16.8 Å². The van der Waals surface area contributed by atoms with Gasteiger partial charge in [0.25, 0.3) is 0 Å². The molecule has 114 valence electrons. The van der Waals surface area contributed by atoms with Crippen molar-refractivity contribution in [1.82, 2.24) is 4.68 Å². The number of aromatic nitrogens is 1. The number of carbonyl (C=O) groups is 1. The Morgan fingerprint density at radius 2 is 1.71 bits per heavy atom. The Morgan fingerprint density at radius 1 is 1.00 bits per heavy atom. The summed E-state index contributed by atoms with van der Waals surface area (Å²) in [5, 5.41) is 1.15. The van der Waals surface area contributed by atoms with Gasteiger partial charge in [0.2, 0.25) is 5.91 Å². The third-order valence-electron chi connectivity index (χ3n) is 3.85. The molecular formula is C18H26N2O. The molecule has 0 bridgehead atoms. The first-order valence-electron chi connectivity index (χ1n) is 8.17. The summed E-state index contributed by atoms with van der Waals surface area (Å²) >= 11 is 0. The van der Waals surface area contributed by atoms with Crippen LogP contribution in [0.1, 0.15) is 58.3 Å². The van der Waals surface area contributed by atoms with Crippen molar-refractivity contribution in [1.29, 1.82) is 0 Å². The van der Waals surface area contributed by atoms with Crippen molar-refractivity contribution < 1.29 is 4.79 Å². The van der Waals surface area contributed by atoms with E-state index in [1.165, 1.54) is 32.1 Å². The summed E-state index contributed by atoms with van der Waals surface area (Å²) in [6, 6.07) is 10.1. The van der Waals surface area contributed by atoms with Gasteiger partial charge in [-0.3, -0.25) is 14.9 Å². The van der Waals surface area contributed by atoms with E-state index >= 15 is 0 Å². The summed E-state index contributed by atoms with van der Waals surface area (Å²) in [6.07, 6.45) is 11.2. The Kier molecular flexibility index (Phi) is 6.32. The maximum atomic E-state index is 12.0. The molecule has 1 amide bonds. The predicted molar refractivity (Wildman–Crippen MR) is 88.9 cm³/mol. The maximum absolute atomic E-state index is 12.0. The third-order valence-corrected chi connectivity index (χ3v) is 3.85. The summed E-state index contributed by atoms with van der Waals surface area (Å²) < 4.78 is 1.82. The van der Waals surface area contributed by atoms with Crippen LogP contribution in [-0.2, 0) is 4.79 Å². The molecule has 21 heavy (non-hydrogen) atoms. The number of unbranched alkanes of at least 4 members (excludes halogenated alkanes) is 6. The minimum atomic E-state index is 0.102. The number of hydrogen-bond donors (Lipinski definition) is 1. The first kappa shape index (κ1) is 15.6. The highest BCUT2D eigenvalue weighted by Crippen LogP contribution is 2.14. The second-order valence-corrected chi connectivity index (χ2v) is 5.65. The number of amides is 1. The van der Waals surface area contributed by atoms with Crippen LogP contribution in [0.5, 0.6) is 0 Å². The molecule has 2 aromatic rings. The lowest BCUT2D eigenvalue weighted by Gasteiger charge is -2.08. The Hall–Kier alpha value is -1.77. The van der Waals surface area contributed by atoms with E-state index in [1.807, 2.05) is 41.2 Å². The Balaban J connectivity index is 1.68. The fraction of sp³-hybridized carbons (Fsp3) is 0.500. The van der Waals surface area contributed by atoms with E-state index in [9.17, 15) is 4.79 Å². The molecule has 0 radical (unpaired) electrons. The smallest absolute Gasteiger partial charge is 0.238 e. The van der Waals surface area contributed by atoms with E-state index < -0.39 is 0 Å². The normalized spacial score (nSPS) is 10.9. The summed E-state index contributed by atoms with van der Waals surface area (Å²) in [4.78, 5) is 12.0. The lowest BCUT2D eigenvalue weighted by Crippen LogP contribution is -2.21. The molecule has 0 aliphatic carbocycles. The molecule has 1 aromatic carbocycles. The van der Waals surface area contributed by atoms with Gasteiger partial charge < -0.3 is 0 Å². The number of rotatable bonds is 9. The zero-order chi connectivity index (χ0) is 14.9. The predicted octanol–water partition coefficient (Wildman–Crippen LogP) is 4.85. The van der Waals surface area contributed by atoms with Crippen LogP contribution in [0.4, 0.5) is 0 Å². The summed E-state index contributed by atoms with van der Waals surface area (Å²) in [5.41, 5.74) is 4.00. The minimum Gasteiger partial charge on any atom is -0.273 e. The van der Waals surface area contributed by atoms with Crippen LogP contribution >= 0.6 is 0 Å². The molecule has 3 heteroatoms. The van der Waals surface area contributed by atoms with Crippen LogP contribution in [0.3, 0.4) is 0 Å². The Bertz CT molecular complexity index is 559. The lowest BCUT2D eigenvalue weighted by atomic mass is 10.1. The molecular weight excluding hydrogens is 260 g/mol. The lowest BCUT2D eigenvalue weighted by molar-refractivity contribution is -0.117. The van der Waals surface area contributed by atoms with Crippen molar-refractivity contribution in [3.63, 3.8) is 0 Å². The molecule has 2 rings (SSSR count). The van der Waals surface area contributed by atoms with Gasteiger partial charge in [-0.05, 0) is 18.6 Å². The van der Waals surface area contributed by atoms with Crippen LogP contribution in [0.15, 0.2) is 36.5 Å². The Labute approximate surface area is 127 Å². The average Bonchev–Trinajstić information content (AvgIpc) is 2.90. The summed E-state index contributed by atoms with van der Waals surface area (Å²) in [6.45, 7) is 2.23. The summed E-state index contributed by atoms with van der Waals surface area (Å²) in [7, 11) is 0. The zero-order valence-corrected chi connectivity index (χ0v) is 13.0. The van der Waals surface area contributed by atoms with Crippen molar-refractivity contribution in [2.24, 2.45) is 0 Å². The molecule has 1 N–H and O–H groups in total. The number of nitrogens with one attached hydrogen (secondary N) is 1. The molecule has 0 fully saturated rings. The first-order valence-corrected chi connectivity index (χ1v) is 8.17. The van der Waals surface area contributed by atoms with Crippen LogP contribution < -0.4 is 5.43 Å². The van der Waals surface area contributed by atoms with Crippen molar-refractivity contribution in [2.45, 2.75) is 58.3 Å². The molecule has 0 aliphatic rings. The minimum absolute atomic E-state index is 0.102. The first-order chi connectivity index (χ1) is 10.3. The highest BCUT2D eigenvalue weighted by atomic mass is 16.2. The van der Waals surface area contributed by atoms with Crippen molar-refractivity contribution in [2.75, 3.05) is 5.43 Å². The van der Waals surface area contributed by atoms with Gasteiger partial charge in [0, 0.05) is 18.0 Å². The number of carbonyl (C=O) groups excluding carboxylic acids is 1. The molecule has 1 aromatic heterocycles. The number of fused-ring (bicyclic) bond motifs is 1. The van der Waals surface area contributed by atoms with Gasteiger partial charge in [-0.15, -0.1) is 0 Å². The van der Waals surface area contributed by atoms with Gasteiger partial charge in [0.05, 0.1) is 5.52 Å². The van der Waals surface area contributed by atoms with Gasteiger partial charge >= 0.3 is 0 Å². The monoisotopic (exact) mass is 286 g/mol. The highest BCUT2D eigenvalue weighted by molar-refractivity contribution is 5.87. The fourth-order valence-corrected chi connectivity index (χ4v) is 2.61. The van der Waals surface area contributed by atoms with Gasteiger partial charge in [-0.2, -0.15) is 0 Å². The van der Waals surface area contributed by atoms with E-state index in [0.29, 0.717) is 6.42 Å². The van der Waals surface area contributed by atoms with Gasteiger partial charge in [-0.25, -0.2) is 0 Å². The second kappa shape index (κ2) is 8.50. The van der Waals surface area contributed by atoms with Gasteiger partial charge in [0.1, 0.15) is 0 Å². The second-order valence-electron chi connectivity index (χ2n) is 5.65. The van der Waals surface area contributed by atoms with Crippen molar-refractivity contribution in [3.8, 4) is 0 Å². The van der Waals surface area contributed by atoms with E-state index in [4.69, 9.17) is 0 Å². The molecule has 0 aliphatic heterocycles. The fourth-order valence-electron chi connectivity index (χ4n) is 2.61. The molecule has 0 saturated heterocycles. The van der Waals surface area contributed by atoms with E-state index in [1.54, 1.807) is 0 Å². The molecule has 0 unspecified atom stereocenters. The van der Waals surface area contributed by atoms with Crippen LogP contribution in [0, 0.1) is 0 Å². The average molecular weight is 286 g/mol. The number of benzene rings is 1.